The molecule has 0 aliphatic heterocycles. The fourth-order valence-corrected chi connectivity index (χ4v) is 1.94. The van der Waals surface area contributed by atoms with E-state index < -0.39 is 0 Å². The van der Waals surface area contributed by atoms with E-state index in [0.29, 0.717) is 16.6 Å². The van der Waals surface area contributed by atoms with Crippen molar-refractivity contribution in [2.24, 2.45) is 0 Å². The molecule has 1 rings (SSSR count). The molecule has 1 aromatic rings. The summed E-state index contributed by atoms with van der Waals surface area (Å²) in [6.07, 6.45) is 4.08. The third-order valence-electron chi connectivity index (χ3n) is 2.46. The number of carbonyl (C=O) groups excluding carboxylic acids is 1. The molecule has 104 valence electrons. The Morgan fingerprint density at radius 2 is 2.11 bits per heavy atom. The molecule has 0 radical (unpaired) electrons. The zero-order chi connectivity index (χ0) is 14.3. The van der Waals surface area contributed by atoms with Gasteiger partial charge in [-0.1, -0.05) is 29.3 Å². The van der Waals surface area contributed by atoms with Gasteiger partial charge in [-0.2, -0.15) is 0 Å². The minimum Gasteiger partial charge on any atom is -0.353 e. The lowest BCUT2D eigenvalue weighted by atomic mass is 10.2. The molecular weight excluding hydrogens is 283 g/mol. The lowest BCUT2D eigenvalue weighted by molar-refractivity contribution is -0.116. The van der Waals surface area contributed by atoms with Crippen LogP contribution in [0.15, 0.2) is 24.3 Å². The summed E-state index contributed by atoms with van der Waals surface area (Å²) in [5.41, 5.74) is 0.773. The van der Waals surface area contributed by atoms with Crippen LogP contribution in [0.5, 0.6) is 0 Å². The second kappa shape index (κ2) is 8.20. The van der Waals surface area contributed by atoms with Gasteiger partial charge in [-0.3, -0.25) is 4.79 Å². The highest BCUT2D eigenvalue weighted by Crippen LogP contribution is 2.21. The summed E-state index contributed by atoms with van der Waals surface area (Å²) >= 11 is 11.8. The van der Waals surface area contributed by atoms with Crippen LogP contribution >= 0.6 is 23.2 Å². The highest BCUT2D eigenvalue weighted by atomic mass is 35.5. The van der Waals surface area contributed by atoms with Crippen LogP contribution in [0, 0.1) is 0 Å². The van der Waals surface area contributed by atoms with Crippen LogP contribution in [0.1, 0.15) is 12.0 Å². The summed E-state index contributed by atoms with van der Waals surface area (Å²) in [6.45, 7) is 1.61. The summed E-state index contributed by atoms with van der Waals surface area (Å²) in [6, 6.07) is 5.17. The number of nitrogens with zero attached hydrogens (tertiary/aromatic N) is 1. The molecular formula is C14H18Cl2N2O. The minimum absolute atomic E-state index is 0.121. The first kappa shape index (κ1) is 16.0. The predicted molar refractivity (Wildman–Crippen MR) is 81.7 cm³/mol. The van der Waals surface area contributed by atoms with Gasteiger partial charge in [0.25, 0.3) is 0 Å². The average molecular weight is 301 g/mol. The van der Waals surface area contributed by atoms with E-state index in [2.05, 4.69) is 10.2 Å². The Bertz CT molecular complexity index is 459. The zero-order valence-electron chi connectivity index (χ0n) is 11.1. The summed E-state index contributed by atoms with van der Waals surface area (Å²) in [5, 5.41) is 3.93. The van der Waals surface area contributed by atoms with Gasteiger partial charge in [-0.05, 0) is 50.8 Å². The normalized spacial score (nSPS) is 11.2. The molecule has 0 aliphatic rings. The number of nitrogens with one attached hydrogen (secondary N) is 1. The lowest BCUT2D eigenvalue weighted by Gasteiger charge is -2.08. The Kier molecular flexibility index (Phi) is 6.92. The van der Waals surface area contributed by atoms with Crippen molar-refractivity contribution in [2.45, 2.75) is 6.42 Å². The van der Waals surface area contributed by atoms with Crippen LogP contribution in [0.4, 0.5) is 0 Å². The molecule has 5 heteroatoms. The molecule has 19 heavy (non-hydrogen) atoms. The van der Waals surface area contributed by atoms with Crippen LogP contribution in [-0.4, -0.2) is 38.0 Å². The maximum absolute atomic E-state index is 11.6. The Labute approximate surface area is 124 Å². The zero-order valence-corrected chi connectivity index (χ0v) is 12.6. The Morgan fingerprint density at radius 1 is 1.37 bits per heavy atom. The van der Waals surface area contributed by atoms with Crippen LogP contribution in [0.3, 0.4) is 0 Å². The number of amides is 1. The Hall–Kier alpha value is -1.03. The van der Waals surface area contributed by atoms with Crippen molar-refractivity contribution in [1.82, 2.24) is 10.2 Å². The van der Waals surface area contributed by atoms with Crippen molar-refractivity contribution in [3.05, 3.63) is 39.9 Å². The van der Waals surface area contributed by atoms with E-state index in [1.165, 1.54) is 6.08 Å². The van der Waals surface area contributed by atoms with E-state index in [-0.39, 0.29) is 5.91 Å². The van der Waals surface area contributed by atoms with Crippen molar-refractivity contribution in [3.63, 3.8) is 0 Å². The first-order valence-corrected chi connectivity index (χ1v) is 6.80. The molecule has 0 bridgehead atoms. The third-order valence-corrected chi connectivity index (χ3v) is 3.02. The SMILES string of the molecule is CN(C)CCCNC(=O)/C=C/c1ccc(Cl)cc1Cl. The number of benzene rings is 1. The number of rotatable bonds is 6. The smallest absolute Gasteiger partial charge is 0.244 e. The van der Waals surface area contributed by atoms with E-state index in [0.717, 1.165) is 18.5 Å². The fraction of sp³-hybridized carbons (Fsp3) is 0.357. The summed E-state index contributed by atoms with van der Waals surface area (Å²) in [4.78, 5) is 13.6. The van der Waals surface area contributed by atoms with Gasteiger partial charge < -0.3 is 10.2 Å². The second-order valence-corrected chi connectivity index (χ2v) is 5.29. The van der Waals surface area contributed by atoms with Gasteiger partial charge in [-0.25, -0.2) is 0 Å². The predicted octanol–water partition coefficient (Wildman–Crippen LogP) is 3.07. The first-order valence-electron chi connectivity index (χ1n) is 6.05. The molecule has 0 saturated heterocycles. The number of halogens is 2. The average Bonchev–Trinajstić information content (AvgIpc) is 2.33. The molecule has 0 fully saturated rings. The highest BCUT2D eigenvalue weighted by molar-refractivity contribution is 6.35. The van der Waals surface area contributed by atoms with Crippen LogP contribution in [-0.2, 0) is 4.79 Å². The van der Waals surface area contributed by atoms with E-state index >= 15 is 0 Å². The molecule has 0 heterocycles. The van der Waals surface area contributed by atoms with Gasteiger partial charge in [0.15, 0.2) is 0 Å². The summed E-state index contributed by atoms with van der Waals surface area (Å²) < 4.78 is 0. The third kappa shape index (κ3) is 6.62. The van der Waals surface area contributed by atoms with E-state index in [9.17, 15) is 4.79 Å². The second-order valence-electron chi connectivity index (χ2n) is 4.45. The molecule has 0 spiro atoms. The van der Waals surface area contributed by atoms with E-state index in [4.69, 9.17) is 23.2 Å². The van der Waals surface area contributed by atoms with Gasteiger partial charge in [-0.15, -0.1) is 0 Å². The van der Waals surface area contributed by atoms with Gasteiger partial charge in [0.2, 0.25) is 5.91 Å². The number of carbonyl (C=O) groups is 1. The monoisotopic (exact) mass is 300 g/mol. The topological polar surface area (TPSA) is 32.3 Å². The van der Waals surface area contributed by atoms with E-state index in [1.54, 1.807) is 24.3 Å². The minimum atomic E-state index is -0.121. The largest absolute Gasteiger partial charge is 0.353 e. The first-order chi connectivity index (χ1) is 8.99. The number of hydrogen-bond acceptors (Lipinski definition) is 2. The van der Waals surface area contributed by atoms with Crippen LogP contribution in [0.25, 0.3) is 6.08 Å². The molecule has 0 aliphatic carbocycles. The van der Waals surface area contributed by atoms with E-state index in [1.807, 2.05) is 14.1 Å². The molecule has 0 unspecified atom stereocenters. The summed E-state index contributed by atoms with van der Waals surface area (Å²) in [5.74, 6) is -0.121. The van der Waals surface area contributed by atoms with Gasteiger partial charge in [0.05, 0.1) is 0 Å². The highest BCUT2D eigenvalue weighted by Gasteiger charge is 1.99. The molecule has 1 N–H and O–H groups in total. The maximum atomic E-state index is 11.6. The van der Waals surface area contributed by atoms with Crippen molar-refractivity contribution in [2.75, 3.05) is 27.2 Å². The Balaban J connectivity index is 2.41. The van der Waals surface area contributed by atoms with Crippen molar-refractivity contribution in [1.29, 1.82) is 0 Å². The Morgan fingerprint density at radius 3 is 2.74 bits per heavy atom. The molecule has 1 aromatic carbocycles. The van der Waals surface area contributed by atoms with Gasteiger partial charge >= 0.3 is 0 Å². The van der Waals surface area contributed by atoms with Crippen molar-refractivity contribution in [3.8, 4) is 0 Å². The van der Waals surface area contributed by atoms with Crippen LogP contribution in [0.2, 0.25) is 10.0 Å². The fourth-order valence-electron chi connectivity index (χ4n) is 1.47. The molecule has 1 amide bonds. The standard InChI is InChI=1S/C14H18Cl2N2O/c1-18(2)9-3-8-17-14(19)7-5-11-4-6-12(15)10-13(11)16/h4-7,10H,3,8-9H2,1-2H3,(H,17,19)/b7-5+. The molecule has 0 saturated carbocycles. The molecule has 0 atom stereocenters. The number of hydrogen-bond donors (Lipinski definition) is 1. The van der Waals surface area contributed by atoms with Gasteiger partial charge in [0.1, 0.15) is 0 Å². The maximum Gasteiger partial charge on any atom is 0.244 e. The van der Waals surface area contributed by atoms with Crippen molar-refractivity contribution < 1.29 is 4.79 Å². The van der Waals surface area contributed by atoms with Crippen molar-refractivity contribution >= 4 is 35.2 Å². The van der Waals surface area contributed by atoms with Gasteiger partial charge in [0, 0.05) is 22.7 Å². The quantitative estimate of drug-likeness (QED) is 0.647. The molecule has 3 nitrogen and oxygen atoms in total. The van der Waals surface area contributed by atoms with Crippen LogP contribution < -0.4 is 5.32 Å². The summed E-state index contributed by atoms with van der Waals surface area (Å²) in [7, 11) is 4.01. The lowest BCUT2D eigenvalue weighted by Crippen LogP contribution is -2.25. The molecule has 0 aromatic heterocycles.